The fourth-order valence-electron chi connectivity index (χ4n) is 4.92. The van der Waals surface area contributed by atoms with Gasteiger partial charge in [0.25, 0.3) is 0 Å². The van der Waals surface area contributed by atoms with Gasteiger partial charge in [-0.05, 0) is 75.3 Å². The molecule has 11 heteroatoms. The van der Waals surface area contributed by atoms with Gasteiger partial charge in [-0.15, -0.1) is 11.8 Å². The van der Waals surface area contributed by atoms with E-state index in [1.165, 1.54) is 21.3 Å². The number of carboxylic acid groups (broad SMARTS) is 1. The number of carbonyl (C=O) groups is 2. The third kappa shape index (κ3) is 7.52. The molecule has 1 amide bonds. The Bertz CT molecular complexity index is 1350. The highest BCUT2D eigenvalue weighted by atomic mass is 32.2. The standard InChI is InChI=1S/C29H36N4O5S2/c1-21(30)8-5-6-9-24-19-32(20-39-24)23-15-13-22(14-16-23)18-26(29(35)36)31-28(34)27-12-7-17-33(27)40(37,38)25-10-3-2-4-11-25/h2-4,10-11,13-16,19,26-27,30H,5-9,12,17-18,20H2,1H3,(H,31,34)(H,35,36)/t26?,27-/m0/s1. The van der Waals surface area contributed by atoms with Crippen LogP contribution in [0.1, 0.15) is 51.0 Å². The topological polar surface area (TPSA) is 131 Å². The van der Waals surface area contributed by atoms with Crippen LogP contribution in [-0.4, -0.2) is 59.9 Å². The molecule has 40 heavy (non-hydrogen) atoms. The molecule has 3 N–H and O–H groups in total. The van der Waals surface area contributed by atoms with E-state index in [0.29, 0.717) is 12.8 Å². The van der Waals surface area contributed by atoms with Crippen LogP contribution in [0.2, 0.25) is 0 Å². The molecule has 2 heterocycles. The van der Waals surface area contributed by atoms with E-state index in [2.05, 4.69) is 16.4 Å². The van der Waals surface area contributed by atoms with E-state index in [0.717, 1.165) is 48.5 Å². The summed E-state index contributed by atoms with van der Waals surface area (Å²) in [6.07, 6.45) is 7.01. The minimum Gasteiger partial charge on any atom is -0.480 e. The lowest BCUT2D eigenvalue weighted by Crippen LogP contribution is -2.51. The van der Waals surface area contributed by atoms with Gasteiger partial charge in [0.1, 0.15) is 12.1 Å². The summed E-state index contributed by atoms with van der Waals surface area (Å²) in [7, 11) is -3.87. The van der Waals surface area contributed by atoms with Crippen LogP contribution in [0.3, 0.4) is 0 Å². The molecule has 9 nitrogen and oxygen atoms in total. The first kappa shape index (κ1) is 29.8. The summed E-state index contributed by atoms with van der Waals surface area (Å²) in [5.74, 6) is -0.950. The number of rotatable bonds is 13. The van der Waals surface area contributed by atoms with Crippen LogP contribution in [0.15, 0.2) is 70.6 Å². The number of hydrogen-bond donors (Lipinski definition) is 3. The highest BCUT2D eigenvalue weighted by Gasteiger charge is 2.40. The Morgan fingerprint density at radius 1 is 1.12 bits per heavy atom. The average molecular weight is 585 g/mol. The van der Waals surface area contributed by atoms with Crippen molar-refractivity contribution in [2.24, 2.45) is 0 Å². The minimum absolute atomic E-state index is 0.0851. The van der Waals surface area contributed by atoms with Crippen LogP contribution in [-0.2, 0) is 26.0 Å². The number of carboxylic acids is 1. The van der Waals surface area contributed by atoms with E-state index in [1.54, 1.807) is 30.0 Å². The molecular formula is C29H36N4O5S2. The van der Waals surface area contributed by atoms with E-state index in [1.807, 2.05) is 31.2 Å². The van der Waals surface area contributed by atoms with E-state index in [9.17, 15) is 23.1 Å². The van der Waals surface area contributed by atoms with Crippen LogP contribution in [0.4, 0.5) is 5.69 Å². The van der Waals surface area contributed by atoms with Gasteiger partial charge in [0.15, 0.2) is 0 Å². The Morgan fingerprint density at radius 2 is 1.85 bits per heavy atom. The lowest BCUT2D eigenvalue weighted by Gasteiger charge is -2.25. The molecule has 1 fully saturated rings. The summed E-state index contributed by atoms with van der Waals surface area (Å²) in [5.41, 5.74) is 2.48. The van der Waals surface area contributed by atoms with Crippen molar-refractivity contribution in [3.8, 4) is 0 Å². The molecule has 0 aromatic heterocycles. The molecule has 0 radical (unpaired) electrons. The zero-order chi connectivity index (χ0) is 28.7. The van der Waals surface area contributed by atoms with Crippen LogP contribution in [0, 0.1) is 5.41 Å². The van der Waals surface area contributed by atoms with Crippen molar-refractivity contribution in [2.75, 3.05) is 17.3 Å². The monoisotopic (exact) mass is 584 g/mol. The predicted molar refractivity (Wildman–Crippen MR) is 158 cm³/mol. The van der Waals surface area contributed by atoms with Gasteiger partial charge >= 0.3 is 5.97 Å². The number of nitrogens with zero attached hydrogens (tertiary/aromatic N) is 2. The number of thioether (sulfide) groups is 1. The Hall–Kier alpha value is -3.15. The smallest absolute Gasteiger partial charge is 0.326 e. The normalized spacial score (nSPS) is 18.4. The van der Waals surface area contributed by atoms with Crippen molar-refractivity contribution >= 4 is 45.1 Å². The fraction of sp³-hybridized carbons (Fsp3) is 0.414. The van der Waals surface area contributed by atoms with Gasteiger partial charge < -0.3 is 20.7 Å². The fourth-order valence-corrected chi connectivity index (χ4v) is 7.62. The molecule has 214 valence electrons. The molecular weight excluding hydrogens is 548 g/mol. The Kier molecular flexibility index (Phi) is 10.0. The number of aliphatic carboxylic acids is 1. The molecule has 1 saturated heterocycles. The molecule has 2 aliphatic rings. The Morgan fingerprint density at radius 3 is 2.52 bits per heavy atom. The summed E-state index contributed by atoms with van der Waals surface area (Å²) in [6.45, 7) is 2.05. The van der Waals surface area contributed by atoms with Gasteiger partial charge in [0.2, 0.25) is 15.9 Å². The van der Waals surface area contributed by atoms with Gasteiger partial charge in [0, 0.05) is 35.5 Å². The SMILES string of the molecule is CC(=N)CCCCC1=CN(c2ccc(CC(NC(=O)[C@@H]3CCCN3S(=O)(=O)c3ccccc3)C(=O)O)cc2)CS1. The lowest BCUT2D eigenvalue weighted by molar-refractivity contribution is -0.142. The number of amides is 1. The van der Waals surface area contributed by atoms with Gasteiger partial charge in [-0.2, -0.15) is 4.31 Å². The van der Waals surface area contributed by atoms with Gasteiger partial charge in [-0.3, -0.25) is 4.79 Å². The second kappa shape index (κ2) is 13.5. The third-order valence-electron chi connectivity index (χ3n) is 7.09. The number of hydrogen-bond acceptors (Lipinski definition) is 7. The van der Waals surface area contributed by atoms with Crippen LogP contribution >= 0.6 is 11.8 Å². The molecule has 0 bridgehead atoms. The molecule has 2 aliphatic heterocycles. The molecule has 2 aromatic rings. The second-order valence-electron chi connectivity index (χ2n) is 10.2. The van der Waals surface area contributed by atoms with Crippen LogP contribution < -0.4 is 10.2 Å². The second-order valence-corrected chi connectivity index (χ2v) is 13.1. The number of benzene rings is 2. The minimum atomic E-state index is -3.87. The van der Waals surface area contributed by atoms with Crippen molar-refractivity contribution < 1.29 is 23.1 Å². The summed E-state index contributed by atoms with van der Waals surface area (Å²) in [5, 5.41) is 20.0. The largest absolute Gasteiger partial charge is 0.480 e. The summed E-state index contributed by atoms with van der Waals surface area (Å²) in [6, 6.07) is 13.4. The van der Waals surface area contributed by atoms with E-state index < -0.39 is 34.0 Å². The average Bonchev–Trinajstić information content (AvgIpc) is 3.62. The molecule has 4 rings (SSSR count). The summed E-state index contributed by atoms with van der Waals surface area (Å²) in [4.78, 5) is 28.7. The highest BCUT2D eigenvalue weighted by Crippen LogP contribution is 2.33. The summed E-state index contributed by atoms with van der Waals surface area (Å²) >= 11 is 1.80. The molecule has 0 saturated carbocycles. The van der Waals surface area contributed by atoms with Gasteiger partial charge in [-0.1, -0.05) is 30.3 Å². The number of sulfonamides is 1. The first-order valence-corrected chi connectivity index (χ1v) is 15.9. The summed E-state index contributed by atoms with van der Waals surface area (Å²) < 4.78 is 27.4. The number of allylic oxidation sites excluding steroid dienone is 1. The molecule has 1 unspecified atom stereocenters. The molecule has 0 aliphatic carbocycles. The lowest BCUT2D eigenvalue weighted by atomic mass is 10.0. The zero-order valence-electron chi connectivity index (χ0n) is 22.6. The van der Waals surface area contributed by atoms with E-state index >= 15 is 0 Å². The quantitative estimate of drug-likeness (QED) is 0.232. The maximum Gasteiger partial charge on any atom is 0.326 e. The molecule has 2 aromatic carbocycles. The zero-order valence-corrected chi connectivity index (χ0v) is 24.2. The number of carbonyl (C=O) groups excluding carboxylic acids is 1. The van der Waals surface area contributed by atoms with E-state index in [4.69, 9.17) is 5.41 Å². The van der Waals surface area contributed by atoms with Crippen LogP contribution in [0.5, 0.6) is 0 Å². The van der Waals surface area contributed by atoms with E-state index in [-0.39, 0.29) is 17.9 Å². The van der Waals surface area contributed by atoms with Crippen molar-refractivity contribution in [3.63, 3.8) is 0 Å². The predicted octanol–water partition coefficient (Wildman–Crippen LogP) is 4.60. The maximum atomic E-state index is 13.1. The number of unbranched alkanes of at least 4 members (excludes halogenated alkanes) is 1. The van der Waals surface area contributed by atoms with Gasteiger partial charge in [0.05, 0.1) is 10.8 Å². The van der Waals surface area contributed by atoms with Crippen molar-refractivity contribution in [2.45, 2.75) is 68.8 Å². The van der Waals surface area contributed by atoms with Crippen molar-refractivity contribution in [3.05, 3.63) is 71.3 Å². The highest BCUT2D eigenvalue weighted by molar-refractivity contribution is 8.03. The van der Waals surface area contributed by atoms with Crippen LogP contribution in [0.25, 0.3) is 0 Å². The maximum absolute atomic E-state index is 13.1. The Labute approximate surface area is 240 Å². The number of nitrogens with one attached hydrogen (secondary N) is 2. The van der Waals surface area contributed by atoms with Gasteiger partial charge in [-0.25, -0.2) is 13.2 Å². The van der Waals surface area contributed by atoms with Crippen molar-refractivity contribution in [1.82, 2.24) is 9.62 Å². The van der Waals surface area contributed by atoms with Crippen molar-refractivity contribution in [1.29, 1.82) is 5.41 Å². The first-order valence-electron chi connectivity index (χ1n) is 13.5. The Balaban J connectivity index is 1.35. The number of anilines is 1. The molecule has 2 atom stereocenters. The first-order chi connectivity index (χ1) is 19.1. The molecule has 0 spiro atoms. The third-order valence-corrected chi connectivity index (χ3v) is 10.1.